The number of primary amides is 1. The molecular weight excluding hydrogens is 454 g/mol. The molecule has 2 amide bonds. The summed E-state index contributed by atoms with van der Waals surface area (Å²) in [5, 5.41) is 5.21. The minimum atomic E-state index is -0.602. The van der Waals surface area contributed by atoms with Crippen molar-refractivity contribution in [1.29, 1.82) is 0 Å². The molecule has 0 saturated carbocycles. The number of ether oxygens (including phenoxy) is 2. The smallest absolute Gasteiger partial charge is 0.259 e. The van der Waals surface area contributed by atoms with Crippen LogP contribution in [0.2, 0.25) is 0 Å². The van der Waals surface area contributed by atoms with Crippen molar-refractivity contribution in [3.05, 3.63) is 52.0 Å². The van der Waals surface area contributed by atoms with Gasteiger partial charge in [-0.1, -0.05) is 23.5 Å². The van der Waals surface area contributed by atoms with Crippen molar-refractivity contribution >= 4 is 23.2 Å². The van der Waals surface area contributed by atoms with Gasteiger partial charge in [0.15, 0.2) is 5.06 Å². The molecule has 1 atom stereocenters. The summed E-state index contributed by atoms with van der Waals surface area (Å²) < 4.78 is 13.3. The second-order valence-electron chi connectivity index (χ2n) is 8.61. The molecule has 1 saturated heterocycles. The van der Waals surface area contributed by atoms with E-state index in [4.69, 9.17) is 20.9 Å². The Balaban J connectivity index is 1.34. The summed E-state index contributed by atoms with van der Waals surface area (Å²) in [5.41, 5.74) is 16.5. The van der Waals surface area contributed by atoms with Crippen LogP contribution in [0.3, 0.4) is 0 Å². The molecule has 4 N–H and O–H groups in total. The fourth-order valence-electron chi connectivity index (χ4n) is 4.54. The van der Waals surface area contributed by atoms with E-state index >= 15 is 0 Å². The minimum Gasteiger partial charge on any atom is -0.446 e. The number of carbonyl (C=O) groups excluding carboxylic acids is 2. The monoisotopic (exact) mass is 481 g/mol. The maximum Gasteiger partial charge on any atom is 0.259 e. The van der Waals surface area contributed by atoms with E-state index in [0.29, 0.717) is 48.4 Å². The van der Waals surface area contributed by atoms with E-state index in [9.17, 15) is 9.59 Å². The number of thiophene rings is 1. The van der Waals surface area contributed by atoms with Crippen LogP contribution in [-0.4, -0.2) is 58.8 Å². The van der Waals surface area contributed by atoms with Crippen molar-refractivity contribution in [2.75, 3.05) is 26.3 Å². The maximum absolute atomic E-state index is 12.6. The summed E-state index contributed by atoms with van der Waals surface area (Å²) in [6.07, 6.45) is 3.97. The molecule has 178 valence electrons. The first-order valence-electron chi connectivity index (χ1n) is 11.3. The first-order chi connectivity index (χ1) is 16.4. The van der Waals surface area contributed by atoms with Gasteiger partial charge < -0.3 is 25.8 Å². The molecule has 10 heteroatoms. The number of nitrogens with two attached hydrogens (primary N) is 2. The van der Waals surface area contributed by atoms with Crippen molar-refractivity contribution in [2.24, 2.45) is 18.5 Å². The predicted octanol–water partition coefficient (Wildman–Crippen LogP) is 1.87. The number of nitrogens with zero attached hydrogens (tertiary/aromatic N) is 3. The number of amides is 2. The van der Waals surface area contributed by atoms with Gasteiger partial charge in [0, 0.05) is 26.3 Å². The average Bonchev–Trinajstić information content (AvgIpc) is 3.40. The molecule has 0 radical (unpaired) electrons. The molecule has 3 aromatic rings. The van der Waals surface area contributed by atoms with Crippen LogP contribution in [0.1, 0.15) is 26.4 Å². The van der Waals surface area contributed by atoms with Gasteiger partial charge in [0.05, 0.1) is 29.7 Å². The van der Waals surface area contributed by atoms with Crippen molar-refractivity contribution in [3.63, 3.8) is 0 Å². The Bertz CT molecular complexity index is 1230. The SMILES string of the molecule is Cn1cc2c(n1)-c1c(Oc3ccc(CC(N)C(=O)N4CCOCC4)cc3)sc(C(N)=O)c1CC2. The van der Waals surface area contributed by atoms with Crippen LogP contribution in [-0.2, 0) is 35.8 Å². The first-order valence-corrected chi connectivity index (χ1v) is 12.1. The minimum absolute atomic E-state index is 0.0565. The van der Waals surface area contributed by atoms with Crippen LogP contribution in [0.15, 0.2) is 30.5 Å². The van der Waals surface area contributed by atoms with Gasteiger partial charge in [-0.05, 0) is 48.1 Å². The summed E-state index contributed by atoms with van der Waals surface area (Å²) in [5.74, 6) is 0.115. The zero-order valence-electron chi connectivity index (χ0n) is 19.0. The molecule has 2 aromatic heterocycles. The Kier molecular flexibility index (Phi) is 6.11. The van der Waals surface area contributed by atoms with Crippen molar-refractivity contribution in [1.82, 2.24) is 14.7 Å². The van der Waals surface area contributed by atoms with Gasteiger partial charge in [0.25, 0.3) is 5.91 Å². The van der Waals surface area contributed by atoms with E-state index in [1.165, 1.54) is 11.3 Å². The highest BCUT2D eigenvalue weighted by Crippen LogP contribution is 2.48. The number of carbonyl (C=O) groups is 2. The number of hydrogen-bond acceptors (Lipinski definition) is 7. The van der Waals surface area contributed by atoms with Gasteiger partial charge >= 0.3 is 0 Å². The molecule has 34 heavy (non-hydrogen) atoms. The van der Waals surface area contributed by atoms with Crippen LogP contribution in [0.4, 0.5) is 0 Å². The lowest BCUT2D eigenvalue weighted by Gasteiger charge is -2.29. The zero-order chi connectivity index (χ0) is 23.8. The molecule has 1 aliphatic heterocycles. The van der Waals surface area contributed by atoms with Gasteiger partial charge in [-0.3, -0.25) is 14.3 Å². The molecule has 0 spiro atoms. The number of benzene rings is 1. The lowest BCUT2D eigenvalue weighted by molar-refractivity contribution is -0.136. The van der Waals surface area contributed by atoms with Gasteiger partial charge in [-0.15, -0.1) is 0 Å². The van der Waals surface area contributed by atoms with E-state index in [1.54, 1.807) is 9.58 Å². The molecule has 5 rings (SSSR count). The number of fused-ring (bicyclic) bond motifs is 3. The van der Waals surface area contributed by atoms with E-state index in [-0.39, 0.29) is 5.91 Å². The summed E-state index contributed by atoms with van der Waals surface area (Å²) in [4.78, 5) is 26.9. The van der Waals surface area contributed by atoms with Crippen molar-refractivity contribution in [2.45, 2.75) is 25.3 Å². The Morgan fingerprint density at radius 1 is 1.21 bits per heavy atom. The Morgan fingerprint density at radius 2 is 1.94 bits per heavy atom. The highest BCUT2D eigenvalue weighted by molar-refractivity contribution is 7.16. The van der Waals surface area contributed by atoms with Crippen LogP contribution in [0.5, 0.6) is 10.8 Å². The topological polar surface area (TPSA) is 126 Å². The maximum atomic E-state index is 12.6. The Hall–Kier alpha value is -3.21. The summed E-state index contributed by atoms with van der Waals surface area (Å²) in [7, 11) is 1.88. The van der Waals surface area contributed by atoms with Crippen LogP contribution >= 0.6 is 11.3 Å². The van der Waals surface area contributed by atoms with Crippen LogP contribution < -0.4 is 16.2 Å². The molecular formula is C24H27N5O4S. The zero-order valence-corrected chi connectivity index (χ0v) is 19.8. The van der Waals surface area contributed by atoms with Crippen molar-refractivity contribution in [3.8, 4) is 22.1 Å². The number of hydrogen-bond donors (Lipinski definition) is 2. The molecule has 1 unspecified atom stereocenters. The molecule has 1 aromatic carbocycles. The Labute approximate surface area is 201 Å². The third-order valence-electron chi connectivity index (χ3n) is 6.21. The van der Waals surface area contributed by atoms with E-state index in [1.807, 2.05) is 37.5 Å². The second kappa shape index (κ2) is 9.21. The van der Waals surface area contributed by atoms with E-state index in [2.05, 4.69) is 5.10 Å². The molecule has 1 aliphatic carbocycles. The Morgan fingerprint density at radius 3 is 2.65 bits per heavy atom. The third kappa shape index (κ3) is 4.31. The highest BCUT2D eigenvalue weighted by Gasteiger charge is 2.30. The fourth-order valence-corrected chi connectivity index (χ4v) is 5.61. The van der Waals surface area contributed by atoms with Crippen LogP contribution in [0.25, 0.3) is 11.3 Å². The predicted molar refractivity (Wildman–Crippen MR) is 128 cm³/mol. The lowest BCUT2D eigenvalue weighted by Crippen LogP contribution is -2.49. The molecule has 2 aliphatic rings. The number of rotatable bonds is 6. The number of morpholine rings is 1. The molecule has 1 fully saturated rings. The number of aryl methyl sites for hydroxylation is 2. The van der Waals surface area contributed by atoms with Gasteiger partial charge in [0.2, 0.25) is 5.91 Å². The largest absolute Gasteiger partial charge is 0.446 e. The normalized spacial score (nSPS) is 16.0. The van der Waals surface area contributed by atoms with Gasteiger partial charge in [-0.25, -0.2) is 0 Å². The van der Waals surface area contributed by atoms with E-state index < -0.39 is 11.9 Å². The third-order valence-corrected chi connectivity index (χ3v) is 7.34. The summed E-state index contributed by atoms with van der Waals surface area (Å²) in [6, 6.07) is 6.90. The number of aromatic nitrogens is 2. The first kappa shape index (κ1) is 22.6. The second-order valence-corrected chi connectivity index (χ2v) is 9.59. The summed E-state index contributed by atoms with van der Waals surface area (Å²) in [6.45, 7) is 2.26. The van der Waals surface area contributed by atoms with Gasteiger partial charge in [0.1, 0.15) is 11.4 Å². The van der Waals surface area contributed by atoms with Gasteiger partial charge in [-0.2, -0.15) is 5.10 Å². The van der Waals surface area contributed by atoms with E-state index in [0.717, 1.165) is 40.8 Å². The quantitative estimate of drug-likeness (QED) is 0.554. The fraction of sp³-hybridized carbons (Fsp3) is 0.375. The van der Waals surface area contributed by atoms with Crippen LogP contribution in [0, 0.1) is 0 Å². The van der Waals surface area contributed by atoms with Crippen molar-refractivity contribution < 1.29 is 19.1 Å². The molecule has 9 nitrogen and oxygen atoms in total. The molecule has 3 heterocycles. The standard InChI is InChI=1S/C24H27N5O4S/c1-28-13-15-4-7-17-19(20(15)27-28)24(34-21(17)22(26)30)33-16-5-2-14(3-6-16)12-18(25)23(31)29-8-10-32-11-9-29/h2-3,5-6,13,18H,4,7-12,25H2,1H3,(H2,26,30). The lowest BCUT2D eigenvalue weighted by atomic mass is 9.92. The molecule has 0 bridgehead atoms. The summed E-state index contributed by atoms with van der Waals surface area (Å²) >= 11 is 1.26. The highest BCUT2D eigenvalue weighted by atomic mass is 32.1. The average molecular weight is 482 g/mol.